The molecule has 0 fully saturated rings. The van der Waals surface area contributed by atoms with Crippen LogP contribution in [0.2, 0.25) is 5.02 Å². The molecule has 0 spiro atoms. The Morgan fingerprint density at radius 3 is 2.75 bits per heavy atom. The van der Waals surface area contributed by atoms with Crippen LogP contribution in [0, 0.1) is 0 Å². The summed E-state index contributed by atoms with van der Waals surface area (Å²) < 4.78 is 29.2. The number of ether oxygens (including phenoxy) is 1. The number of aromatic amines is 1. The summed E-state index contributed by atoms with van der Waals surface area (Å²) in [6, 6.07) is 4.98. The number of carbonyl (C=O) groups is 1. The number of carbonyl (C=O) groups excluding carboxylic acids is 1. The Kier molecular flexibility index (Phi) is 6.25. The Morgan fingerprint density at radius 1 is 1.25 bits per heavy atom. The first-order valence-electron chi connectivity index (χ1n) is 8.43. The second kappa shape index (κ2) is 8.83. The van der Waals surface area contributed by atoms with Crippen LogP contribution in [0.25, 0.3) is 22.2 Å². The van der Waals surface area contributed by atoms with Gasteiger partial charge in [0.2, 0.25) is 12.3 Å². The predicted molar refractivity (Wildman–Crippen MR) is 102 cm³/mol. The van der Waals surface area contributed by atoms with Gasteiger partial charge in [0, 0.05) is 35.1 Å². The van der Waals surface area contributed by atoms with Crippen molar-refractivity contribution in [2.45, 2.75) is 19.4 Å². The predicted octanol–water partition coefficient (Wildman–Crippen LogP) is 3.74. The number of hydrogen-bond acceptors (Lipinski definition) is 4. The van der Waals surface area contributed by atoms with Crippen molar-refractivity contribution in [1.82, 2.24) is 25.6 Å². The molecule has 0 aliphatic rings. The number of nitrogens with zero attached hydrogens (tertiary/aromatic N) is 2. The zero-order chi connectivity index (χ0) is 20.1. The summed E-state index contributed by atoms with van der Waals surface area (Å²) in [6.07, 6.45) is 0.256. The minimum absolute atomic E-state index is 0.0853. The SMILES string of the molecule is COc1cnc(-c2cc3[nH]c(CNC(=O)NCCC(F)F)cc3cc2Cl)cn1. The number of methoxy groups -OCH3 is 1. The molecule has 0 saturated carbocycles. The van der Waals surface area contributed by atoms with Crippen LogP contribution in [0.4, 0.5) is 13.6 Å². The quantitative estimate of drug-likeness (QED) is 0.554. The van der Waals surface area contributed by atoms with E-state index in [1.54, 1.807) is 12.3 Å². The summed E-state index contributed by atoms with van der Waals surface area (Å²) in [4.78, 5) is 23.2. The van der Waals surface area contributed by atoms with Gasteiger partial charge >= 0.3 is 6.03 Å². The van der Waals surface area contributed by atoms with Crippen molar-refractivity contribution < 1.29 is 18.3 Å². The summed E-state index contributed by atoms with van der Waals surface area (Å²) in [6.45, 7) is 0.128. The van der Waals surface area contributed by atoms with Crippen molar-refractivity contribution in [3.63, 3.8) is 0 Å². The highest BCUT2D eigenvalue weighted by atomic mass is 35.5. The molecule has 0 atom stereocenters. The van der Waals surface area contributed by atoms with Crippen LogP contribution in [0.3, 0.4) is 0 Å². The van der Waals surface area contributed by atoms with Crippen molar-refractivity contribution in [3.8, 4) is 17.1 Å². The van der Waals surface area contributed by atoms with Gasteiger partial charge < -0.3 is 20.4 Å². The molecule has 10 heteroatoms. The van der Waals surface area contributed by atoms with Gasteiger partial charge in [-0.1, -0.05) is 11.6 Å². The Labute approximate surface area is 164 Å². The molecule has 1 aromatic carbocycles. The third-order valence-corrected chi connectivity index (χ3v) is 4.28. The van der Waals surface area contributed by atoms with Gasteiger partial charge in [0.25, 0.3) is 0 Å². The monoisotopic (exact) mass is 409 g/mol. The summed E-state index contributed by atoms with van der Waals surface area (Å²) >= 11 is 6.38. The number of alkyl halides is 2. The maximum absolute atomic E-state index is 12.1. The number of hydrogen-bond donors (Lipinski definition) is 3. The molecule has 0 bridgehead atoms. The van der Waals surface area contributed by atoms with Gasteiger partial charge in [-0.2, -0.15) is 0 Å². The number of urea groups is 1. The molecule has 3 aromatic rings. The number of benzene rings is 1. The Bertz CT molecular complexity index is 963. The van der Waals surface area contributed by atoms with Crippen LogP contribution in [0.1, 0.15) is 12.1 Å². The molecule has 0 saturated heterocycles. The summed E-state index contributed by atoms with van der Waals surface area (Å²) in [5.41, 5.74) is 2.86. The first-order valence-corrected chi connectivity index (χ1v) is 8.81. The highest BCUT2D eigenvalue weighted by Crippen LogP contribution is 2.31. The van der Waals surface area contributed by atoms with Crippen LogP contribution >= 0.6 is 11.6 Å². The Morgan fingerprint density at radius 2 is 2.07 bits per heavy atom. The molecule has 0 radical (unpaired) electrons. The average molecular weight is 410 g/mol. The second-order valence-electron chi connectivity index (χ2n) is 5.95. The van der Waals surface area contributed by atoms with E-state index in [0.29, 0.717) is 22.2 Å². The number of amides is 2. The van der Waals surface area contributed by atoms with E-state index in [1.165, 1.54) is 13.3 Å². The largest absolute Gasteiger partial charge is 0.480 e. The number of halogens is 3. The van der Waals surface area contributed by atoms with Crippen molar-refractivity contribution in [2.75, 3.05) is 13.7 Å². The van der Waals surface area contributed by atoms with E-state index in [1.807, 2.05) is 12.1 Å². The molecule has 148 valence electrons. The normalized spacial score (nSPS) is 11.0. The molecule has 7 nitrogen and oxygen atoms in total. The third-order valence-electron chi connectivity index (χ3n) is 3.96. The van der Waals surface area contributed by atoms with E-state index in [-0.39, 0.29) is 19.5 Å². The molecule has 3 N–H and O–H groups in total. The summed E-state index contributed by atoms with van der Waals surface area (Å²) in [5, 5.41) is 6.36. The van der Waals surface area contributed by atoms with Crippen LogP contribution in [-0.2, 0) is 6.54 Å². The number of fused-ring (bicyclic) bond motifs is 1. The lowest BCUT2D eigenvalue weighted by atomic mass is 10.1. The zero-order valence-electron chi connectivity index (χ0n) is 14.9. The average Bonchev–Trinajstić information content (AvgIpc) is 3.07. The lowest BCUT2D eigenvalue weighted by molar-refractivity contribution is 0.138. The van der Waals surface area contributed by atoms with Gasteiger partial charge in [0.05, 0.1) is 36.8 Å². The molecule has 28 heavy (non-hydrogen) atoms. The number of H-pyrrole nitrogens is 1. The molecule has 2 amide bonds. The van der Waals surface area contributed by atoms with Crippen LogP contribution < -0.4 is 15.4 Å². The van der Waals surface area contributed by atoms with Crippen molar-refractivity contribution in [3.05, 3.63) is 41.3 Å². The third kappa shape index (κ3) is 4.86. The van der Waals surface area contributed by atoms with E-state index in [2.05, 4.69) is 25.6 Å². The molecule has 0 aliphatic carbocycles. The molecule has 2 aromatic heterocycles. The van der Waals surface area contributed by atoms with E-state index in [9.17, 15) is 13.6 Å². The minimum atomic E-state index is -2.44. The Hall–Kier alpha value is -2.94. The van der Waals surface area contributed by atoms with E-state index >= 15 is 0 Å². The van der Waals surface area contributed by atoms with Crippen molar-refractivity contribution >= 4 is 28.5 Å². The van der Waals surface area contributed by atoms with Gasteiger partial charge in [-0.15, -0.1) is 0 Å². The summed E-state index contributed by atoms with van der Waals surface area (Å²) in [5.74, 6) is 0.404. The molecule has 3 rings (SSSR count). The van der Waals surface area contributed by atoms with Crippen LogP contribution in [0.15, 0.2) is 30.6 Å². The highest BCUT2D eigenvalue weighted by Gasteiger charge is 2.11. The van der Waals surface area contributed by atoms with Crippen molar-refractivity contribution in [2.24, 2.45) is 0 Å². The Balaban J connectivity index is 1.70. The van der Waals surface area contributed by atoms with Gasteiger partial charge in [0.1, 0.15) is 0 Å². The maximum Gasteiger partial charge on any atom is 0.315 e. The first kappa shape index (κ1) is 19.8. The molecular weight excluding hydrogens is 392 g/mol. The molecule has 0 aliphatic heterocycles. The van der Waals surface area contributed by atoms with Crippen LogP contribution in [0.5, 0.6) is 5.88 Å². The van der Waals surface area contributed by atoms with E-state index in [0.717, 1.165) is 16.6 Å². The van der Waals surface area contributed by atoms with Gasteiger partial charge in [-0.25, -0.2) is 23.5 Å². The highest BCUT2D eigenvalue weighted by molar-refractivity contribution is 6.34. The molecular formula is C18H18ClF2N5O2. The standard InChI is InChI=1S/C18H18ClF2N5O2/c1-28-17-9-23-15(8-24-17)12-6-14-10(5-13(12)19)4-11(26-14)7-25-18(27)22-3-2-16(20)21/h4-6,8-9,16,26H,2-3,7H2,1H3,(H2,22,25,27). The minimum Gasteiger partial charge on any atom is -0.480 e. The van der Waals surface area contributed by atoms with E-state index < -0.39 is 12.5 Å². The van der Waals surface area contributed by atoms with Crippen molar-refractivity contribution in [1.29, 1.82) is 0 Å². The maximum atomic E-state index is 12.1. The fourth-order valence-corrected chi connectivity index (χ4v) is 2.87. The number of nitrogens with one attached hydrogen (secondary N) is 3. The van der Waals surface area contributed by atoms with E-state index in [4.69, 9.17) is 16.3 Å². The number of rotatable bonds is 7. The lowest BCUT2D eigenvalue weighted by Gasteiger charge is -2.06. The fraction of sp³-hybridized carbons (Fsp3) is 0.278. The van der Waals surface area contributed by atoms with Gasteiger partial charge in [-0.3, -0.25) is 0 Å². The lowest BCUT2D eigenvalue weighted by Crippen LogP contribution is -2.36. The molecule has 2 heterocycles. The first-order chi connectivity index (χ1) is 13.5. The topological polar surface area (TPSA) is 91.9 Å². The smallest absolute Gasteiger partial charge is 0.315 e. The van der Waals surface area contributed by atoms with Crippen LogP contribution in [-0.4, -0.2) is 41.1 Å². The summed E-state index contributed by atoms with van der Waals surface area (Å²) in [7, 11) is 1.51. The fourth-order valence-electron chi connectivity index (χ4n) is 2.60. The number of aromatic nitrogens is 3. The van der Waals surface area contributed by atoms with Gasteiger partial charge in [0.15, 0.2) is 0 Å². The second-order valence-corrected chi connectivity index (χ2v) is 6.35. The molecule has 0 unspecified atom stereocenters. The van der Waals surface area contributed by atoms with Gasteiger partial charge in [-0.05, 0) is 18.2 Å². The zero-order valence-corrected chi connectivity index (χ0v) is 15.7.